The zero-order valence-electron chi connectivity index (χ0n) is 12.4. The molecule has 0 spiro atoms. The molecule has 2 aromatic heterocycles. The Morgan fingerprint density at radius 2 is 1.95 bits per heavy atom. The third-order valence-corrected chi connectivity index (χ3v) is 4.88. The van der Waals surface area contributed by atoms with E-state index in [0.29, 0.717) is 11.8 Å². The first kappa shape index (κ1) is 13.2. The highest BCUT2D eigenvalue weighted by molar-refractivity contribution is 5.42. The van der Waals surface area contributed by atoms with Crippen molar-refractivity contribution >= 4 is 5.65 Å². The summed E-state index contributed by atoms with van der Waals surface area (Å²) in [6.45, 7) is 4.41. The average molecular weight is 285 g/mol. The number of hydrogen-bond acceptors (Lipinski definition) is 4. The summed E-state index contributed by atoms with van der Waals surface area (Å²) in [7, 11) is 0. The molecule has 1 unspecified atom stereocenters. The van der Waals surface area contributed by atoms with Crippen molar-refractivity contribution in [3.63, 3.8) is 0 Å². The number of piperidine rings is 2. The lowest BCUT2D eigenvalue weighted by atomic mass is 9.95. The highest BCUT2D eigenvalue weighted by Gasteiger charge is 2.22. The summed E-state index contributed by atoms with van der Waals surface area (Å²) >= 11 is 0. The fourth-order valence-electron chi connectivity index (χ4n) is 3.66. The fraction of sp³-hybridized carbons (Fsp3) is 0.625. The number of fused-ring (bicyclic) bond motifs is 1. The molecule has 21 heavy (non-hydrogen) atoms. The van der Waals surface area contributed by atoms with Gasteiger partial charge in [-0.15, -0.1) is 0 Å². The Kier molecular flexibility index (Phi) is 3.61. The minimum absolute atomic E-state index is 0.560. The molecule has 5 nitrogen and oxygen atoms in total. The predicted molar refractivity (Wildman–Crippen MR) is 82.7 cm³/mol. The molecular weight excluding hydrogens is 262 g/mol. The Bertz CT molecular complexity index is 608. The van der Waals surface area contributed by atoms with E-state index in [1.54, 1.807) is 0 Å². The maximum Gasteiger partial charge on any atom is 0.155 e. The zero-order chi connectivity index (χ0) is 14.1. The van der Waals surface area contributed by atoms with E-state index in [0.717, 1.165) is 31.8 Å². The molecule has 4 heterocycles. The van der Waals surface area contributed by atoms with Crippen molar-refractivity contribution < 1.29 is 0 Å². The molecule has 112 valence electrons. The summed E-state index contributed by atoms with van der Waals surface area (Å²) in [5.41, 5.74) is 3.54. The van der Waals surface area contributed by atoms with Gasteiger partial charge in [0.15, 0.2) is 5.65 Å². The summed E-state index contributed by atoms with van der Waals surface area (Å²) < 4.78 is 2.09. The molecule has 5 heteroatoms. The minimum Gasteiger partial charge on any atom is -0.317 e. The third-order valence-electron chi connectivity index (χ3n) is 4.88. The number of nitrogens with one attached hydrogen (secondary N) is 2. The van der Waals surface area contributed by atoms with Crippen LogP contribution in [-0.4, -0.2) is 40.8 Å². The second kappa shape index (κ2) is 5.73. The summed E-state index contributed by atoms with van der Waals surface area (Å²) in [5.74, 6) is 1.15. The van der Waals surface area contributed by atoms with Gasteiger partial charge < -0.3 is 10.6 Å². The molecule has 0 bridgehead atoms. The number of rotatable bonds is 2. The first-order valence-corrected chi connectivity index (χ1v) is 8.18. The maximum absolute atomic E-state index is 4.91. The van der Waals surface area contributed by atoms with Crippen molar-refractivity contribution in [1.29, 1.82) is 0 Å². The molecule has 4 rings (SSSR count). The van der Waals surface area contributed by atoms with Crippen LogP contribution in [0.15, 0.2) is 18.3 Å². The Morgan fingerprint density at radius 3 is 2.76 bits per heavy atom. The van der Waals surface area contributed by atoms with Gasteiger partial charge in [-0.05, 0) is 51.4 Å². The van der Waals surface area contributed by atoms with Crippen molar-refractivity contribution in [2.75, 3.05) is 26.2 Å². The quantitative estimate of drug-likeness (QED) is 0.881. The van der Waals surface area contributed by atoms with Gasteiger partial charge in [0.25, 0.3) is 0 Å². The van der Waals surface area contributed by atoms with Crippen LogP contribution in [-0.2, 0) is 0 Å². The highest BCUT2D eigenvalue weighted by atomic mass is 15.3. The molecular formula is C16H23N5. The molecule has 0 amide bonds. The second-order valence-corrected chi connectivity index (χ2v) is 6.28. The Balaban J connectivity index is 1.69. The van der Waals surface area contributed by atoms with Crippen LogP contribution in [0.4, 0.5) is 0 Å². The predicted octanol–water partition coefficient (Wildman–Crippen LogP) is 1.66. The largest absolute Gasteiger partial charge is 0.317 e. The molecule has 2 aromatic rings. The van der Waals surface area contributed by atoms with E-state index in [1.807, 2.05) is 6.20 Å². The lowest BCUT2D eigenvalue weighted by molar-refractivity contribution is 0.440. The summed E-state index contributed by atoms with van der Waals surface area (Å²) in [6, 6.07) is 4.33. The van der Waals surface area contributed by atoms with Gasteiger partial charge >= 0.3 is 0 Å². The lowest BCUT2D eigenvalue weighted by Gasteiger charge is -2.23. The lowest BCUT2D eigenvalue weighted by Crippen LogP contribution is -2.29. The Labute approximate surface area is 125 Å². The maximum atomic E-state index is 4.91. The van der Waals surface area contributed by atoms with Crippen LogP contribution in [0, 0.1) is 0 Å². The van der Waals surface area contributed by atoms with E-state index in [1.165, 1.54) is 37.1 Å². The number of nitrogens with zero attached hydrogens (tertiary/aromatic N) is 3. The third kappa shape index (κ3) is 2.56. The van der Waals surface area contributed by atoms with Crippen molar-refractivity contribution in [1.82, 2.24) is 25.2 Å². The van der Waals surface area contributed by atoms with Crippen LogP contribution in [0.1, 0.15) is 48.9 Å². The first-order valence-electron chi connectivity index (χ1n) is 8.18. The molecule has 2 saturated heterocycles. The van der Waals surface area contributed by atoms with Crippen LogP contribution in [0.3, 0.4) is 0 Å². The molecule has 2 N–H and O–H groups in total. The van der Waals surface area contributed by atoms with Gasteiger partial charge in [0.2, 0.25) is 0 Å². The number of hydrogen-bond donors (Lipinski definition) is 2. The van der Waals surface area contributed by atoms with Gasteiger partial charge in [0.05, 0.1) is 11.4 Å². The van der Waals surface area contributed by atoms with E-state index in [2.05, 4.69) is 32.3 Å². The van der Waals surface area contributed by atoms with E-state index in [-0.39, 0.29) is 0 Å². The highest BCUT2D eigenvalue weighted by Crippen LogP contribution is 2.27. The van der Waals surface area contributed by atoms with Gasteiger partial charge in [0.1, 0.15) is 0 Å². The van der Waals surface area contributed by atoms with E-state index < -0.39 is 0 Å². The van der Waals surface area contributed by atoms with Gasteiger partial charge in [-0.2, -0.15) is 5.10 Å². The van der Waals surface area contributed by atoms with Crippen molar-refractivity contribution in [2.45, 2.75) is 37.5 Å². The van der Waals surface area contributed by atoms with E-state index in [4.69, 9.17) is 5.10 Å². The molecule has 1 atom stereocenters. The van der Waals surface area contributed by atoms with Crippen molar-refractivity contribution in [2.24, 2.45) is 0 Å². The fourth-order valence-corrected chi connectivity index (χ4v) is 3.66. The topological polar surface area (TPSA) is 54.2 Å². The Hall–Kier alpha value is -1.46. The monoisotopic (exact) mass is 285 g/mol. The molecule has 2 fully saturated rings. The van der Waals surface area contributed by atoms with E-state index in [9.17, 15) is 0 Å². The molecule has 0 saturated carbocycles. The SMILES string of the molecule is c1cc(C2CCCNC2)n2nc(C3CCNCC3)cc2n1. The smallest absolute Gasteiger partial charge is 0.155 e. The molecule has 2 aliphatic heterocycles. The first-order chi connectivity index (χ1) is 10.4. The molecule has 2 aliphatic rings. The van der Waals surface area contributed by atoms with Gasteiger partial charge in [-0.3, -0.25) is 0 Å². The van der Waals surface area contributed by atoms with Crippen LogP contribution >= 0.6 is 0 Å². The van der Waals surface area contributed by atoms with Crippen LogP contribution < -0.4 is 10.6 Å². The molecule has 0 aromatic carbocycles. The zero-order valence-corrected chi connectivity index (χ0v) is 12.4. The summed E-state index contributed by atoms with van der Waals surface area (Å²) in [5, 5.41) is 11.8. The normalized spacial score (nSPS) is 24.5. The summed E-state index contributed by atoms with van der Waals surface area (Å²) in [6.07, 6.45) is 6.80. The van der Waals surface area contributed by atoms with Gasteiger partial charge in [0, 0.05) is 30.6 Å². The van der Waals surface area contributed by atoms with Gasteiger partial charge in [-0.25, -0.2) is 9.50 Å². The van der Waals surface area contributed by atoms with Crippen LogP contribution in [0.2, 0.25) is 0 Å². The van der Waals surface area contributed by atoms with E-state index >= 15 is 0 Å². The van der Waals surface area contributed by atoms with Crippen molar-refractivity contribution in [3.8, 4) is 0 Å². The standard InChI is InChI=1S/C16H23N5/c1-2-13(11-18-6-1)15-5-9-19-16-10-14(20-21(15)16)12-3-7-17-8-4-12/h5,9-10,12-13,17-18H,1-4,6-8,11H2. The molecule has 0 aliphatic carbocycles. The Morgan fingerprint density at radius 1 is 1.05 bits per heavy atom. The minimum atomic E-state index is 0.560. The average Bonchev–Trinajstić information content (AvgIpc) is 3.00. The van der Waals surface area contributed by atoms with Crippen LogP contribution in [0.5, 0.6) is 0 Å². The van der Waals surface area contributed by atoms with Crippen LogP contribution in [0.25, 0.3) is 5.65 Å². The molecule has 0 radical (unpaired) electrons. The van der Waals surface area contributed by atoms with Crippen molar-refractivity contribution in [3.05, 3.63) is 29.7 Å². The summed E-state index contributed by atoms with van der Waals surface area (Å²) in [4.78, 5) is 4.52. The van der Waals surface area contributed by atoms with Gasteiger partial charge in [-0.1, -0.05) is 0 Å². The number of aromatic nitrogens is 3. The second-order valence-electron chi connectivity index (χ2n) is 6.28.